The molecular weight excluding hydrogens is 314 g/mol. The summed E-state index contributed by atoms with van der Waals surface area (Å²) in [6.07, 6.45) is 3.52. The second kappa shape index (κ2) is 5.96. The molecule has 0 aromatic carbocycles. The minimum Gasteiger partial charge on any atom is -0.382 e. The molecule has 0 radical (unpaired) electrons. The zero-order valence-electron chi connectivity index (χ0n) is 10.6. The van der Waals surface area contributed by atoms with Crippen LogP contribution in [0.25, 0.3) is 0 Å². The largest absolute Gasteiger partial charge is 0.382 e. The van der Waals surface area contributed by atoms with Gasteiger partial charge in [-0.15, -0.1) is 0 Å². The van der Waals surface area contributed by atoms with Crippen molar-refractivity contribution in [3.8, 4) is 0 Å². The first-order valence-corrected chi connectivity index (χ1v) is 6.65. The third kappa shape index (κ3) is 3.19. The molecule has 2 rings (SSSR count). The van der Waals surface area contributed by atoms with Crippen molar-refractivity contribution in [1.29, 1.82) is 0 Å². The van der Waals surface area contributed by atoms with Crippen LogP contribution in [0, 0.1) is 0 Å². The van der Waals surface area contributed by atoms with Gasteiger partial charge in [0.05, 0.1) is 17.9 Å². The Kier molecular flexibility index (Phi) is 4.31. The van der Waals surface area contributed by atoms with Crippen molar-refractivity contribution < 1.29 is 4.52 Å². The summed E-state index contributed by atoms with van der Waals surface area (Å²) in [7, 11) is 0. The molecule has 102 valence electrons. The summed E-state index contributed by atoms with van der Waals surface area (Å²) < 4.78 is 6.54. The van der Waals surface area contributed by atoms with Crippen molar-refractivity contribution in [2.24, 2.45) is 0 Å². The maximum atomic E-state index is 12.0. The fourth-order valence-electron chi connectivity index (χ4n) is 1.55. The summed E-state index contributed by atoms with van der Waals surface area (Å²) in [6, 6.07) is 0.0252. The van der Waals surface area contributed by atoms with Crippen LogP contribution < -0.4 is 10.9 Å². The summed E-state index contributed by atoms with van der Waals surface area (Å²) in [5.74, 6) is 0.618. The molecule has 0 fully saturated rings. The maximum Gasteiger partial charge on any atom is 0.283 e. The van der Waals surface area contributed by atoms with Crippen molar-refractivity contribution in [2.45, 2.75) is 26.3 Å². The van der Waals surface area contributed by atoms with Gasteiger partial charge in [-0.25, -0.2) is 4.68 Å². The van der Waals surface area contributed by atoms with Gasteiger partial charge in [0.2, 0.25) is 6.39 Å². The van der Waals surface area contributed by atoms with Gasteiger partial charge in [-0.1, -0.05) is 5.16 Å². The highest BCUT2D eigenvalue weighted by Gasteiger charge is 2.10. The summed E-state index contributed by atoms with van der Waals surface area (Å²) in [5.41, 5.74) is 0.505. The normalized spacial score (nSPS) is 10.9. The Morgan fingerprint density at radius 3 is 2.95 bits per heavy atom. The molecule has 0 aliphatic heterocycles. The summed E-state index contributed by atoms with van der Waals surface area (Å²) >= 11 is 3.29. The summed E-state index contributed by atoms with van der Waals surface area (Å²) in [6.45, 7) is 4.40. The van der Waals surface area contributed by atoms with Crippen LogP contribution in [-0.2, 0) is 6.42 Å². The van der Waals surface area contributed by atoms with Gasteiger partial charge in [-0.2, -0.15) is 10.1 Å². The van der Waals surface area contributed by atoms with Gasteiger partial charge in [0.25, 0.3) is 5.56 Å². The van der Waals surface area contributed by atoms with E-state index in [2.05, 4.69) is 41.0 Å². The van der Waals surface area contributed by atoms with Crippen LogP contribution in [0.3, 0.4) is 0 Å². The predicted octanol–water partition coefficient (Wildman–Crippen LogP) is 1.62. The van der Waals surface area contributed by atoms with Crippen LogP contribution in [0.1, 0.15) is 25.7 Å². The van der Waals surface area contributed by atoms with Crippen molar-refractivity contribution in [2.75, 3.05) is 11.9 Å². The topological polar surface area (TPSA) is 85.8 Å². The Balaban J connectivity index is 2.05. The van der Waals surface area contributed by atoms with Crippen LogP contribution in [-0.4, -0.2) is 26.5 Å². The van der Waals surface area contributed by atoms with E-state index in [0.717, 1.165) is 0 Å². The van der Waals surface area contributed by atoms with E-state index >= 15 is 0 Å². The van der Waals surface area contributed by atoms with Crippen molar-refractivity contribution >= 4 is 21.6 Å². The number of nitrogens with one attached hydrogen (secondary N) is 1. The number of halogens is 1. The smallest absolute Gasteiger partial charge is 0.283 e. The van der Waals surface area contributed by atoms with Crippen LogP contribution in [0.15, 0.2) is 26.4 Å². The van der Waals surface area contributed by atoms with E-state index in [1.54, 1.807) is 6.20 Å². The Labute approximate surface area is 118 Å². The molecule has 0 aliphatic carbocycles. The fourth-order valence-corrected chi connectivity index (χ4v) is 1.97. The number of hydrogen-bond acceptors (Lipinski definition) is 6. The Hall–Kier alpha value is -1.70. The SMILES string of the molecule is CC(C)n1ncc(NCCc2ncon2)c(Br)c1=O. The van der Waals surface area contributed by atoms with Gasteiger partial charge >= 0.3 is 0 Å². The number of nitrogens with zero attached hydrogens (tertiary/aromatic N) is 4. The molecule has 8 heteroatoms. The number of aromatic nitrogens is 4. The van der Waals surface area contributed by atoms with Crippen LogP contribution in [0.2, 0.25) is 0 Å². The highest BCUT2D eigenvalue weighted by atomic mass is 79.9. The molecule has 2 aromatic rings. The molecule has 7 nitrogen and oxygen atoms in total. The zero-order valence-corrected chi connectivity index (χ0v) is 12.2. The minimum atomic E-state index is -0.153. The van der Waals surface area contributed by atoms with Gasteiger partial charge in [0, 0.05) is 13.0 Å². The van der Waals surface area contributed by atoms with Gasteiger partial charge in [0.15, 0.2) is 5.82 Å². The number of hydrogen-bond donors (Lipinski definition) is 1. The third-order valence-corrected chi connectivity index (χ3v) is 3.27. The van der Waals surface area contributed by atoms with Crippen LogP contribution in [0.4, 0.5) is 5.69 Å². The molecule has 19 heavy (non-hydrogen) atoms. The van der Waals surface area contributed by atoms with Gasteiger partial charge in [-0.3, -0.25) is 4.79 Å². The average Bonchev–Trinajstić information content (AvgIpc) is 2.87. The summed E-state index contributed by atoms with van der Waals surface area (Å²) in [4.78, 5) is 15.9. The van der Waals surface area contributed by atoms with E-state index in [4.69, 9.17) is 0 Å². The Morgan fingerprint density at radius 2 is 2.32 bits per heavy atom. The number of rotatable bonds is 5. The van der Waals surface area contributed by atoms with E-state index in [0.29, 0.717) is 29.0 Å². The van der Waals surface area contributed by atoms with Gasteiger partial charge < -0.3 is 9.84 Å². The molecule has 0 bridgehead atoms. The Morgan fingerprint density at radius 1 is 1.53 bits per heavy atom. The molecule has 0 atom stereocenters. The predicted molar refractivity (Wildman–Crippen MR) is 73.1 cm³/mol. The first-order valence-electron chi connectivity index (χ1n) is 5.86. The molecule has 0 spiro atoms. The molecule has 0 unspecified atom stereocenters. The average molecular weight is 328 g/mol. The highest BCUT2D eigenvalue weighted by molar-refractivity contribution is 9.10. The lowest BCUT2D eigenvalue weighted by atomic mass is 10.3. The van der Waals surface area contributed by atoms with E-state index in [-0.39, 0.29) is 11.6 Å². The molecule has 0 saturated heterocycles. The molecule has 1 N–H and O–H groups in total. The fraction of sp³-hybridized carbons (Fsp3) is 0.455. The second-order valence-corrected chi connectivity index (χ2v) is 5.03. The monoisotopic (exact) mass is 327 g/mol. The van der Waals surface area contributed by atoms with E-state index in [9.17, 15) is 4.79 Å². The summed E-state index contributed by atoms with van der Waals surface area (Å²) in [5, 5.41) is 10.9. The molecular formula is C11H14BrN5O2. The Bertz CT molecular complexity index is 594. The number of anilines is 1. The van der Waals surface area contributed by atoms with Crippen molar-refractivity contribution in [3.05, 3.63) is 33.2 Å². The first-order chi connectivity index (χ1) is 9.09. The lowest BCUT2D eigenvalue weighted by molar-refractivity contribution is 0.410. The minimum absolute atomic E-state index is 0.0252. The van der Waals surface area contributed by atoms with Crippen molar-refractivity contribution in [3.63, 3.8) is 0 Å². The third-order valence-electron chi connectivity index (χ3n) is 2.50. The van der Waals surface area contributed by atoms with Crippen LogP contribution in [0.5, 0.6) is 0 Å². The molecule has 2 aromatic heterocycles. The van der Waals surface area contributed by atoms with E-state index in [1.165, 1.54) is 11.1 Å². The van der Waals surface area contributed by atoms with Crippen molar-refractivity contribution in [1.82, 2.24) is 19.9 Å². The molecule has 2 heterocycles. The quantitative estimate of drug-likeness (QED) is 0.898. The molecule has 0 aliphatic rings. The van der Waals surface area contributed by atoms with Crippen LogP contribution >= 0.6 is 15.9 Å². The first kappa shape index (κ1) is 13.7. The molecule has 0 amide bonds. The highest BCUT2D eigenvalue weighted by Crippen LogP contribution is 2.16. The second-order valence-electron chi connectivity index (χ2n) is 4.24. The standard InChI is InChI=1S/C11H14BrN5O2/c1-7(2)17-11(18)10(12)8(5-15-17)13-4-3-9-14-6-19-16-9/h5-7,13H,3-4H2,1-2H3. The maximum absolute atomic E-state index is 12.0. The lowest BCUT2D eigenvalue weighted by Gasteiger charge is -2.11. The van der Waals surface area contributed by atoms with E-state index in [1.807, 2.05) is 13.8 Å². The van der Waals surface area contributed by atoms with E-state index < -0.39 is 0 Å². The van der Waals surface area contributed by atoms with Gasteiger partial charge in [-0.05, 0) is 29.8 Å². The lowest BCUT2D eigenvalue weighted by Crippen LogP contribution is -2.26. The zero-order chi connectivity index (χ0) is 13.8. The molecule has 0 saturated carbocycles. The van der Waals surface area contributed by atoms with Gasteiger partial charge in [0.1, 0.15) is 4.47 Å².